The predicted octanol–water partition coefficient (Wildman–Crippen LogP) is 2.97. The second-order valence-electron chi connectivity index (χ2n) is 10.6. The maximum atomic E-state index is 13.4. The van der Waals surface area contributed by atoms with Crippen LogP contribution in [-0.2, 0) is 11.8 Å². The van der Waals surface area contributed by atoms with Crippen LogP contribution in [0.15, 0.2) is 47.4 Å². The van der Waals surface area contributed by atoms with Crippen LogP contribution in [0.1, 0.15) is 54.1 Å². The highest BCUT2D eigenvalue weighted by atomic mass is 16.5. The van der Waals surface area contributed by atoms with Crippen LogP contribution in [0.4, 0.5) is 5.95 Å². The molecule has 7 rings (SSSR count). The van der Waals surface area contributed by atoms with Crippen molar-refractivity contribution in [3.8, 4) is 5.88 Å². The normalized spacial score (nSPS) is 21.6. The van der Waals surface area contributed by atoms with Gasteiger partial charge >= 0.3 is 0 Å². The molecule has 4 aromatic rings. The lowest BCUT2D eigenvalue weighted by atomic mass is 9.73. The standard InChI is InChI=1S/C27H29N7O2/c1-36-19-14-17(6-11-29-19)27(7-8-27)22-20-23(33-32-22)30-25(31-24(20)35)34-12-9-26(10-13-34)15-16-4-2-3-5-18(16)21(26)28/h2-6,11,14,21H,7-10,12-13,15,28H2,1H3,(H2,30,31,32,33,35)/t21-/m1/s1. The van der Waals surface area contributed by atoms with Crippen molar-refractivity contribution in [2.24, 2.45) is 11.1 Å². The zero-order valence-corrected chi connectivity index (χ0v) is 20.3. The molecule has 0 unspecified atom stereocenters. The molecule has 1 aromatic carbocycles. The Morgan fingerprint density at radius 3 is 2.69 bits per heavy atom. The lowest BCUT2D eigenvalue weighted by molar-refractivity contribution is 0.187. The number of nitrogens with one attached hydrogen (secondary N) is 2. The first-order valence-electron chi connectivity index (χ1n) is 12.6. The minimum absolute atomic E-state index is 0.0574. The van der Waals surface area contributed by atoms with E-state index in [1.54, 1.807) is 13.3 Å². The predicted molar refractivity (Wildman–Crippen MR) is 136 cm³/mol. The Morgan fingerprint density at radius 2 is 1.94 bits per heavy atom. The van der Waals surface area contributed by atoms with Crippen molar-refractivity contribution in [3.05, 3.63) is 75.3 Å². The van der Waals surface area contributed by atoms with E-state index in [0.29, 0.717) is 22.9 Å². The molecule has 3 aliphatic rings. The number of ether oxygens (including phenoxy) is 1. The summed E-state index contributed by atoms with van der Waals surface area (Å²) >= 11 is 0. The molecular formula is C27H29N7O2. The van der Waals surface area contributed by atoms with Crippen LogP contribution >= 0.6 is 0 Å². The topological polar surface area (TPSA) is 126 Å². The molecule has 4 heterocycles. The number of piperidine rings is 1. The van der Waals surface area contributed by atoms with E-state index >= 15 is 0 Å². The Bertz CT molecular complexity index is 1530. The molecule has 1 atom stereocenters. The molecule has 9 nitrogen and oxygen atoms in total. The van der Waals surface area contributed by atoms with Gasteiger partial charge in [-0.15, -0.1) is 0 Å². The van der Waals surface area contributed by atoms with Crippen molar-refractivity contribution in [1.29, 1.82) is 0 Å². The maximum absolute atomic E-state index is 13.4. The van der Waals surface area contributed by atoms with E-state index in [4.69, 9.17) is 15.5 Å². The van der Waals surface area contributed by atoms with Gasteiger partial charge in [-0.2, -0.15) is 10.1 Å². The average Bonchev–Trinajstić information content (AvgIpc) is 3.53. The molecule has 9 heteroatoms. The van der Waals surface area contributed by atoms with Gasteiger partial charge in [-0.3, -0.25) is 14.9 Å². The van der Waals surface area contributed by atoms with E-state index in [0.717, 1.165) is 56.5 Å². The van der Waals surface area contributed by atoms with Gasteiger partial charge in [-0.05, 0) is 60.3 Å². The number of rotatable bonds is 4. The molecule has 36 heavy (non-hydrogen) atoms. The van der Waals surface area contributed by atoms with Crippen molar-refractivity contribution in [2.45, 2.75) is 43.6 Å². The first-order chi connectivity index (χ1) is 17.5. The molecule has 1 saturated heterocycles. The number of hydrogen-bond donors (Lipinski definition) is 3. The van der Waals surface area contributed by atoms with Crippen molar-refractivity contribution in [3.63, 3.8) is 0 Å². The molecule has 0 bridgehead atoms. The molecule has 184 valence electrons. The van der Waals surface area contributed by atoms with E-state index < -0.39 is 0 Å². The molecule has 2 fully saturated rings. The summed E-state index contributed by atoms with van der Waals surface area (Å²) in [5.74, 6) is 1.15. The van der Waals surface area contributed by atoms with Gasteiger partial charge in [0.25, 0.3) is 5.56 Å². The third-order valence-corrected chi connectivity index (χ3v) is 8.77. The van der Waals surface area contributed by atoms with Gasteiger partial charge in [0.2, 0.25) is 11.8 Å². The highest BCUT2D eigenvalue weighted by Crippen LogP contribution is 2.54. The van der Waals surface area contributed by atoms with Crippen LogP contribution in [0.2, 0.25) is 0 Å². The Kier molecular flexibility index (Phi) is 4.57. The van der Waals surface area contributed by atoms with E-state index in [1.807, 2.05) is 12.1 Å². The molecule has 0 radical (unpaired) electrons. The number of anilines is 1. The molecule has 1 aliphatic heterocycles. The van der Waals surface area contributed by atoms with Crippen molar-refractivity contribution >= 4 is 17.0 Å². The summed E-state index contributed by atoms with van der Waals surface area (Å²) in [7, 11) is 1.60. The van der Waals surface area contributed by atoms with Gasteiger partial charge in [-0.1, -0.05) is 24.3 Å². The molecule has 0 amide bonds. The zero-order chi connectivity index (χ0) is 24.5. The van der Waals surface area contributed by atoms with E-state index in [1.165, 1.54) is 11.1 Å². The largest absolute Gasteiger partial charge is 0.481 e. The zero-order valence-electron chi connectivity index (χ0n) is 20.3. The van der Waals surface area contributed by atoms with Crippen LogP contribution < -0.4 is 20.9 Å². The third-order valence-electron chi connectivity index (χ3n) is 8.77. The number of hydrogen-bond acceptors (Lipinski definition) is 7. The fraction of sp³-hybridized carbons (Fsp3) is 0.407. The number of H-pyrrole nitrogens is 2. The fourth-order valence-electron chi connectivity index (χ4n) is 6.50. The van der Waals surface area contributed by atoms with Crippen LogP contribution in [0.5, 0.6) is 5.88 Å². The number of aromatic nitrogens is 5. The van der Waals surface area contributed by atoms with Crippen LogP contribution in [0.3, 0.4) is 0 Å². The summed E-state index contributed by atoms with van der Waals surface area (Å²) in [4.78, 5) is 27.6. The Hall–Kier alpha value is -3.72. The van der Waals surface area contributed by atoms with Crippen molar-refractivity contribution < 1.29 is 4.74 Å². The molecule has 4 N–H and O–H groups in total. The van der Waals surface area contributed by atoms with Gasteiger partial charge in [0.05, 0.1) is 12.8 Å². The first kappa shape index (κ1) is 21.6. The highest BCUT2D eigenvalue weighted by Gasteiger charge is 2.50. The summed E-state index contributed by atoms with van der Waals surface area (Å²) < 4.78 is 5.32. The van der Waals surface area contributed by atoms with Gasteiger partial charge in [0.1, 0.15) is 5.39 Å². The van der Waals surface area contributed by atoms with Gasteiger partial charge in [0.15, 0.2) is 5.65 Å². The average molecular weight is 484 g/mol. The minimum atomic E-state index is -0.310. The number of pyridine rings is 1. The van der Waals surface area contributed by atoms with Crippen LogP contribution in [0, 0.1) is 5.41 Å². The summed E-state index contributed by atoms with van der Waals surface area (Å²) in [6, 6.07) is 12.5. The lowest BCUT2D eigenvalue weighted by Crippen LogP contribution is -2.45. The third kappa shape index (κ3) is 3.05. The number of benzene rings is 1. The SMILES string of the molecule is COc1cc(C2(c3n[nH]c4nc(N5CCC6(CC5)Cc5ccccc5[C@H]6N)[nH]c(=O)c34)CC2)ccn1. The highest BCUT2D eigenvalue weighted by molar-refractivity contribution is 5.80. The number of nitrogens with zero attached hydrogens (tertiary/aromatic N) is 4. The van der Waals surface area contributed by atoms with Crippen LogP contribution in [-0.4, -0.2) is 45.3 Å². The summed E-state index contributed by atoms with van der Waals surface area (Å²) in [6.07, 6.45) is 6.52. The number of nitrogens with two attached hydrogens (primary N) is 1. The smallest absolute Gasteiger partial charge is 0.263 e. The quantitative estimate of drug-likeness (QED) is 0.407. The number of aromatic amines is 2. The second-order valence-corrected chi connectivity index (χ2v) is 10.6. The van der Waals surface area contributed by atoms with E-state index in [2.05, 4.69) is 49.3 Å². The molecule has 2 aliphatic carbocycles. The van der Waals surface area contributed by atoms with Crippen molar-refractivity contribution in [1.82, 2.24) is 25.1 Å². The summed E-state index contributed by atoms with van der Waals surface area (Å²) in [5.41, 5.74) is 11.3. The maximum Gasteiger partial charge on any atom is 0.263 e. The Labute approximate surface area is 208 Å². The fourth-order valence-corrected chi connectivity index (χ4v) is 6.50. The Morgan fingerprint density at radius 1 is 1.14 bits per heavy atom. The minimum Gasteiger partial charge on any atom is -0.481 e. The van der Waals surface area contributed by atoms with E-state index in [9.17, 15) is 4.79 Å². The molecule has 1 spiro atoms. The van der Waals surface area contributed by atoms with Crippen LogP contribution in [0.25, 0.3) is 11.0 Å². The van der Waals surface area contributed by atoms with Gasteiger partial charge in [-0.25, -0.2) is 4.98 Å². The second kappa shape index (κ2) is 7.64. The van der Waals surface area contributed by atoms with E-state index in [-0.39, 0.29) is 22.4 Å². The monoisotopic (exact) mass is 483 g/mol. The van der Waals surface area contributed by atoms with Gasteiger partial charge in [0, 0.05) is 36.8 Å². The summed E-state index contributed by atoms with van der Waals surface area (Å²) in [6.45, 7) is 1.61. The van der Waals surface area contributed by atoms with Gasteiger partial charge < -0.3 is 15.4 Å². The number of fused-ring (bicyclic) bond motifs is 2. The first-order valence-corrected chi connectivity index (χ1v) is 12.6. The summed E-state index contributed by atoms with van der Waals surface area (Å²) in [5, 5.41) is 8.18. The molecule has 3 aromatic heterocycles. The lowest BCUT2D eigenvalue weighted by Gasteiger charge is -2.42. The molecular weight excluding hydrogens is 454 g/mol. The van der Waals surface area contributed by atoms with Crippen molar-refractivity contribution in [2.75, 3.05) is 25.1 Å². The Balaban J connectivity index is 1.17. The number of methoxy groups -OCH3 is 1. The molecule has 1 saturated carbocycles.